The van der Waals surface area contributed by atoms with Crippen LogP contribution in [0, 0.1) is 6.92 Å². The SMILES string of the molecule is Cc1[nH]ccc1C(=O)N1CCC2(CC1)C[C@H](O)C[C@H](c1ccccc1)O2. The van der Waals surface area contributed by atoms with Crippen molar-refractivity contribution in [2.45, 2.75) is 50.4 Å². The smallest absolute Gasteiger partial charge is 0.255 e. The predicted octanol–water partition coefficient (Wildman–Crippen LogP) is 3.21. The maximum absolute atomic E-state index is 12.7. The van der Waals surface area contributed by atoms with Crippen molar-refractivity contribution in [1.82, 2.24) is 9.88 Å². The Morgan fingerprint density at radius 3 is 2.62 bits per heavy atom. The molecule has 2 N–H and O–H groups in total. The lowest BCUT2D eigenvalue weighted by Gasteiger charge is -2.48. The van der Waals surface area contributed by atoms with Gasteiger partial charge in [-0.05, 0) is 31.4 Å². The van der Waals surface area contributed by atoms with Gasteiger partial charge in [0, 0.05) is 37.8 Å². The summed E-state index contributed by atoms with van der Waals surface area (Å²) in [5.74, 6) is 0.0783. The van der Waals surface area contributed by atoms with Gasteiger partial charge in [0.1, 0.15) is 0 Å². The van der Waals surface area contributed by atoms with Crippen molar-refractivity contribution >= 4 is 5.91 Å². The van der Waals surface area contributed by atoms with E-state index in [9.17, 15) is 9.90 Å². The lowest BCUT2D eigenvalue weighted by Crippen LogP contribution is -2.52. The van der Waals surface area contributed by atoms with Crippen molar-refractivity contribution in [3.8, 4) is 0 Å². The number of nitrogens with zero attached hydrogens (tertiary/aromatic N) is 1. The molecule has 2 atom stereocenters. The lowest BCUT2D eigenvalue weighted by atomic mass is 9.81. The van der Waals surface area contributed by atoms with E-state index in [1.807, 2.05) is 36.1 Å². The highest BCUT2D eigenvalue weighted by atomic mass is 16.5. The van der Waals surface area contributed by atoms with Crippen molar-refractivity contribution in [3.63, 3.8) is 0 Å². The molecule has 2 saturated heterocycles. The molecule has 1 aromatic heterocycles. The molecule has 0 unspecified atom stereocenters. The number of H-pyrrole nitrogens is 1. The number of likely N-dealkylation sites (tertiary alicyclic amines) is 1. The summed E-state index contributed by atoms with van der Waals surface area (Å²) in [5.41, 5.74) is 2.44. The maximum atomic E-state index is 12.7. The fourth-order valence-corrected chi connectivity index (χ4v) is 4.32. The molecule has 5 nitrogen and oxygen atoms in total. The number of carbonyl (C=O) groups is 1. The van der Waals surface area contributed by atoms with Gasteiger partial charge in [-0.25, -0.2) is 0 Å². The van der Waals surface area contributed by atoms with E-state index in [2.05, 4.69) is 17.1 Å². The summed E-state index contributed by atoms with van der Waals surface area (Å²) in [4.78, 5) is 17.7. The van der Waals surface area contributed by atoms with Gasteiger partial charge in [0.2, 0.25) is 0 Å². The molecule has 4 rings (SSSR count). The molecule has 3 heterocycles. The summed E-state index contributed by atoms with van der Waals surface area (Å²) in [6.45, 7) is 3.25. The molecule has 2 aliphatic rings. The van der Waals surface area contributed by atoms with Crippen LogP contribution in [-0.2, 0) is 4.74 Å². The summed E-state index contributed by atoms with van der Waals surface area (Å²) in [7, 11) is 0. The van der Waals surface area contributed by atoms with Crippen molar-refractivity contribution < 1.29 is 14.6 Å². The first-order chi connectivity index (χ1) is 12.6. The van der Waals surface area contributed by atoms with Gasteiger partial charge in [-0.3, -0.25) is 4.79 Å². The first kappa shape index (κ1) is 17.3. The summed E-state index contributed by atoms with van der Waals surface area (Å²) < 4.78 is 6.51. The molecule has 1 aromatic carbocycles. The number of ether oxygens (including phenoxy) is 1. The molecule has 2 fully saturated rings. The quantitative estimate of drug-likeness (QED) is 0.870. The van der Waals surface area contributed by atoms with Crippen LogP contribution in [0.2, 0.25) is 0 Å². The van der Waals surface area contributed by atoms with Crippen molar-refractivity contribution in [2.75, 3.05) is 13.1 Å². The molecule has 0 bridgehead atoms. The highest BCUT2D eigenvalue weighted by Gasteiger charge is 2.44. The van der Waals surface area contributed by atoms with Gasteiger partial charge in [-0.2, -0.15) is 0 Å². The van der Waals surface area contributed by atoms with Crippen molar-refractivity contribution in [2.24, 2.45) is 0 Å². The minimum Gasteiger partial charge on any atom is -0.393 e. The highest BCUT2D eigenvalue weighted by molar-refractivity contribution is 5.95. The Morgan fingerprint density at radius 1 is 1.23 bits per heavy atom. The number of carbonyl (C=O) groups excluding carboxylic acids is 1. The molecule has 1 spiro atoms. The topological polar surface area (TPSA) is 65.6 Å². The molecule has 1 amide bonds. The Bertz CT molecular complexity index is 763. The molecule has 0 aliphatic carbocycles. The molecule has 0 saturated carbocycles. The maximum Gasteiger partial charge on any atom is 0.255 e. The van der Waals surface area contributed by atoms with E-state index in [0.717, 1.165) is 29.7 Å². The van der Waals surface area contributed by atoms with E-state index in [0.29, 0.717) is 25.9 Å². The Balaban J connectivity index is 1.45. The molecule has 0 radical (unpaired) electrons. The standard InChI is InChI=1S/C21H26N2O3/c1-15-18(7-10-22-15)20(25)23-11-8-21(9-12-23)14-17(24)13-19(26-21)16-5-3-2-4-6-16/h2-7,10,17,19,22,24H,8-9,11-14H2,1H3/t17-,19-/m1/s1. The van der Waals surface area contributed by atoms with Crippen LogP contribution in [0.1, 0.15) is 53.4 Å². The van der Waals surface area contributed by atoms with Gasteiger partial charge in [0.15, 0.2) is 0 Å². The van der Waals surface area contributed by atoms with E-state index in [-0.39, 0.29) is 23.7 Å². The van der Waals surface area contributed by atoms with E-state index in [1.165, 1.54) is 0 Å². The van der Waals surface area contributed by atoms with Gasteiger partial charge < -0.3 is 19.7 Å². The minimum absolute atomic E-state index is 0.0749. The van der Waals surface area contributed by atoms with E-state index >= 15 is 0 Å². The number of aryl methyl sites for hydroxylation is 1. The number of nitrogens with one attached hydrogen (secondary N) is 1. The van der Waals surface area contributed by atoms with Crippen LogP contribution in [0.5, 0.6) is 0 Å². The zero-order valence-corrected chi connectivity index (χ0v) is 15.1. The third-order valence-electron chi connectivity index (χ3n) is 5.80. The summed E-state index contributed by atoms with van der Waals surface area (Å²) in [6, 6.07) is 12.0. The number of benzene rings is 1. The van der Waals surface area contributed by atoms with Gasteiger partial charge in [-0.1, -0.05) is 30.3 Å². The van der Waals surface area contributed by atoms with Crippen LogP contribution < -0.4 is 0 Å². The van der Waals surface area contributed by atoms with Crippen LogP contribution in [0.3, 0.4) is 0 Å². The second-order valence-corrected chi connectivity index (χ2v) is 7.60. The van der Waals surface area contributed by atoms with Crippen LogP contribution in [0.4, 0.5) is 0 Å². The van der Waals surface area contributed by atoms with Crippen LogP contribution in [-0.4, -0.2) is 45.7 Å². The third kappa shape index (κ3) is 3.29. The van der Waals surface area contributed by atoms with Gasteiger partial charge in [0.25, 0.3) is 5.91 Å². The third-order valence-corrected chi connectivity index (χ3v) is 5.80. The first-order valence-corrected chi connectivity index (χ1v) is 9.40. The van der Waals surface area contributed by atoms with E-state index in [1.54, 1.807) is 6.20 Å². The second kappa shape index (κ2) is 6.89. The van der Waals surface area contributed by atoms with Crippen LogP contribution in [0.25, 0.3) is 0 Å². The normalized spacial score (nSPS) is 25.4. The molecule has 26 heavy (non-hydrogen) atoms. The van der Waals surface area contributed by atoms with Gasteiger partial charge in [0.05, 0.1) is 23.4 Å². The molecule has 5 heteroatoms. The number of piperidine rings is 1. The number of rotatable bonds is 2. The number of hydrogen-bond acceptors (Lipinski definition) is 3. The van der Waals surface area contributed by atoms with E-state index in [4.69, 9.17) is 4.74 Å². The van der Waals surface area contributed by atoms with Crippen LogP contribution in [0.15, 0.2) is 42.6 Å². The zero-order valence-electron chi connectivity index (χ0n) is 15.1. The van der Waals surface area contributed by atoms with Crippen LogP contribution >= 0.6 is 0 Å². The number of aliphatic hydroxyl groups excluding tert-OH is 1. The number of hydrogen-bond donors (Lipinski definition) is 2. The summed E-state index contributed by atoms with van der Waals surface area (Å²) >= 11 is 0. The Labute approximate surface area is 154 Å². The van der Waals surface area contributed by atoms with Crippen molar-refractivity contribution in [3.05, 3.63) is 59.4 Å². The summed E-state index contributed by atoms with van der Waals surface area (Å²) in [6.07, 6.45) is 4.19. The monoisotopic (exact) mass is 354 g/mol. The predicted molar refractivity (Wildman–Crippen MR) is 98.9 cm³/mol. The largest absolute Gasteiger partial charge is 0.393 e. The van der Waals surface area contributed by atoms with Gasteiger partial charge >= 0.3 is 0 Å². The van der Waals surface area contributed by atoms with Gasteiger partial charge in [-0.15, -0.1) is 0 Å². The van der Waals surface area contributed by atoms with Crippen molar-refractivity contribution in [1.29, 1.82) is 0 Å². The molecule has 138 valence electrons. The Kier molecular flexibility index (Phi) is 4.59. The first-order valence-electron chi connectivity index (χ1n) is 9.40. The lowest BCUT2D eigenvalue weighted by molar-refractivity contribution is -0.181. The average Bonchev–Trinajstić information content (AvgIpc) is 3.08. The fraction of sp³-hybridized carbons (Fsp3) is 0.476. The Morgan fingerprint density at radius 2 is 1.96 bits per heavy atom. The number of amides is 1. The number of aromatic nitrogens is 1. The molecule has 2 aliphatic heterocycles. The average molecular weight is 354 g/mol. The minimum atomic E-state index is -0.358. The zero-order chi connectivity index (χ0) is 18.1. The second-order valence-electron chi connectivity index (χ2n) is 7.60. The Hall–Kier alpha value is -2.11. The number of aromatic amines is 1. The molecular formula is C21H26N2O3. The van der Waals surface area contributed by atoms with E-state index < -0.39 is 0 Å². The molecule has 2 aromatic rings. The fourth-order valence-electron chi connectivity index (χ4n) is 4.32. The highest BCUT2D eigenvalue weighted by Crippen LogP contribution is 2.43. The summed E-state index contributed by atoms with van der Waals surface area (Å²) in [5, 5.41) is 10.5. The molecular weight excluding hydrogens is 328 g/mol. The number of aliphatic hydroxyl groups is 1.